The van der Waals surface area contributed by atoms with Crippen LogP contribution in [0.25, 0.3) is 0 Å². The average molecular weight is 272 g/mol. The predicted molar refractivity (Wildman–Crippen MR) is 78.4 cm³/mol. The van der Waals surface area contributed by atoms with Crippen LogP contribution >= 0.6 is 11.3 Å². The summed E-state index contributed by atoms with van der Waals surface area (Å²) in [4.78, 5) is 12.2. The van der Waals surface area contributed by atoms with Crippen LogP contribution in [-0.4, -0.2) is 11.9 Å². The highest BCUT2D eigenvalue weighted by Gasteiger charge is 2.27. The molecule has 19 heavy (non-hydrogen) atoms. The van der Waals surface area contributed by atoms with Gasteiger partial charge in [0.15, 0.2) is 0 Å². The molecule has 3 rings (SSSR count). The Hall–Kier alpha value is -1.81. The highest BCUT2D eigenvalue weighted by molar-refractivity contribution is 7.07. The first-order valence-electron chi connectivity index (χ1n) is 6.41. The van der Waals surface area contributed by atoms with Gasteiger partial charge in [-0.1, -0.05) is 18.2 Å². The Bertz CT molecular complexity index is 555. The highest BCUT2D eigenvalue weighted by Crippen LogP contribution is 2.25. The first-order valence-corrected chi connectivity index (χ1v) is 7.35. The van der Waals surface area contributed by atoms with Crippen molar-refractivity contribution < 1.29 is 4.79 Å². The molecular weight excluding hydrogens is 256 g/mol. The number of amides is 1. The third-order valence-electron chi connectivity index (χ3n) is 3.49. The fourth-order valence-corrected chi connectivity index (χ4v) is 3.13. The zero-order chi connectivity index (χ0) is 13.2. The van der Waals surface area contributed by atoms with Crippen LogP contribution in [0.5, 0.6) is 0 Å². The number of hydrogen-bond donors (Lipinski definition) is 2. The first-order chi connectivity index (χ1) is 9.24. The molecule has 2 aromatic rings. The summed E-state index contributed by atoms with van der Waals surface area (Å²) in [5.41, 5.74) is 3.45. The van der Waals surface area contributed by atoms with Crippen LogP contribution < -0.4 is 10.6 Å². The van der Waals surface area contributed by atoms with Crippen LogP contribution in [0.15, 0.2) is 41.1 Å². The van der Waals surface area contributed by atoms with Crippen LogP contribution in [0.2, 0.25) is 0 Å². The summed E-state index contributed by atoms with van der Waals surface area (Å²) in [7, 11) is 0. The van der Waals surface area contributed by atoms with Gasteiger partial charge in [0.1, 0.15) is 6.04 Å². The Morgan fingerprint density at radius 3 is 3.00 bits per heavy atom. The van der Waals surface area contributed by atoms with Gasteiger partial charge in [-0.15, -0.1) is 0 Å². The smallest absolute Gasteiger partial charge is 0.243 e. The summed E-state index contributed by atoms with van der Waals surface area (Å²) in [5.74, 6) is 0.0647. The molecule has 0 saturated carbocycles. The van der Waals surface area contributed by atoms with Gasteiger partial charge in [-0.2, -0.15) is 11.3 Å². The second kappa shape index (κ2) is 5.05. The van der Waals surface area contributed by atoms with Gasteiger partial charge in [0.05, 0.1) is 6.04 Å². The van der Waals surface area contributed by atoms with Crippen molar-refractivity contribution in [2.45, 2.75) is 25.4 Å². The van der Waals surface area contributed by atoms with Crippen molar-refractivity contribution in [1.82, 2.24) is 5.32 Å². The van der Waals surface area contributed by atoms with Crippen molar-refractivity contribution >= 4 is 22.9 Å². The van der Waals surface area contributed by atoms with E-state index in [0.29, 0.717) is 0 Å². The molecule has 0 bridgehead atoms. The molecular formula is C15H16N2OS. The maximum absolute atomic E-state index is 12.2. The number of hydrogen-bond acceptors (Lipinski definition) is 3. The van der Waals surface area contributed by atoms with Crippen LogP contribution in [0, 0.1) is 0 Å². The van der Waals surface area contributed by atoms with E-state index in [9.17, 15) is 4.79 Å². The third-order valence-corrected chi connectivity index (χ3v) is 4.19. The molecule has 2 atom stereocenters. The van der Waals surface area contributed by atoms with Crippen molar-refractivity contribution in [3.63, 3.8) is 0 Å². The summed E-state index contributed by atoms with van der Waals surface area (Å²) >= 11 is 1.65. The molecule has 0 fully saturated rings. The molecule has 2 heterocycles. The monoisotopic (exact) mass is 272 g/mol. The molecule has 1 amide bonds. The van der Waals surface area contributed by atoms with Gasteiger partial charge in [-0.3, -0.25) is 4.79 Å². The Morgan fingerprint density at radius 2 is 2.26 bits per heavy atom. The Kier molecular flexibility index (Phi) is 3.25. The normalized spacial score (nSPS) is 18.5. The molecule has 0 aliphatic carbocycles. The van der Waals surface area contributed by atoms with Gasteiger partial charge in [0.25, 0.3) is 0 Å². The van der Waals surface area contributed by atoms with E-state index in [2.05, 4.69) is 22.1 Å². The number of carbonyl (C=O) groups is 1. The molecule has 1 aromatic heterocycles. The third kappa shape index (κ3) is 2.49. The molecule has 1 unspecified atom stereocenters. The number of fused-ring (bicyclic) bond motifs is 1. The van der Waals surface area contributed by atoms with Crippen molar-refractivity contribution in [2.75, 3.05) is 5.32 Å². The number of thiophene rings is 1. The largest absolute Gasteiger partial charge is 0.373 e. The fraction of sp³-hybridized carbons (Fsp3) is 0.267. The van der Waals surface area contributed by atoms with Crippen molar-refractivity contribution in [3.05, 3.63) is 52.2 Å². The fourth-order valence-electron chi connectivity index (χ4n) is 2.37. The second-order valence-corrected chi connectivity index (χ2v) is 5.63. The van der Waals surface area contributed by atoms with Crippen molar-refractivity contribution in [3.8, 4) is 0 Å². The van der Waals surface area contributed by atoms with E-state index >= 15 is 0 Å². The van der Waals surface area contributed by atoms with E-state index in [1.165, 1.54) is 5.56 Å². The standard InChI is InChI=1S/C15H16N2OS/c1-10(12-6-7-19-9-12)16-15(18)14-8-11-4-2-3-5-13(11)17-14/h2-7,9-10,14,17H,8H2,1H3,(H,16,18)/t10?,14-/m0/s1. The summed E-state index contributed by atoms with van der Waals surface area (Å²) in [5, 5.41) is 10.4. The van der Waals surface area contributed by atoms with E-state index in [-0.39, 0.29) is 18.0 Å². The minimum absolute atomic E-state index is 0.0595. The Balaban J connectivity index is 1.64. The lowest BCUT2D eigenvalue weighted by Crippen LogP contribution is -2.39. The molecule has 0 saturated heterocycles. The molecule has 3 nitrogen and oxygen atoms in total. The van der Waals surface area contributed by atoms with Gasteiger partial charge in [0.2, 0.25) is 5.91 Å². The first kappa shape index (κ1) is 12.2. The van der Waals surface area contributed by atoms with Gasteiger partial charge in [-0.25, -0.2) is 0 Å². The maximum Gasteiger partial charge on any atom is 0.243 e. The lowest BCUT2D eigenvalue weighted by Gasteiger charge is -2.16. The van der Waals surface area contributed by atoms with Gasteiger partial charge in [-0.05, 0) is 40.9 Å². The minimum Gasteiger partial charge on any atom is -0.373 e. The van der Waals surface area contributed by atoms with Gasteiger partial charge in [0, 0.05) is 12.1 Å². The average Bonchev–Trinajstić information content (AvgIpc) is 3.07. The summed E-state index contributed by atoms with van der Waals surface area (Å²) in [6, 6.07) is 10.0. The quantitative estimate of drug-likeness (QED) is 0.902. The topological polar surface area (TPSA) is 41.1 Å². The molecule has 4 heteroatoms. The molecule has 0 spiro atoms. The van der Waals surface area contributed by atoms with Crippen LogP contribution in [0.1, 0.15) is 24.1 Å². The number of carbonyl (C=O) groups excluding carboxylic acids is 1. The lowest BCUT2D eigenvalue weighted by molar-refractivity contribution is -0.122. The van der Waals surface area contributed by atoms with Crippen molar-refractivity contribution in [1.29, 1.82) is 0 Å². The summed E-state index contributed by atoms with van der Waals surface area (Å²) in [6.07, 6.45) is 0.762. The van der Waals surface area contributed by atoms with E-state index in [4.69, 9.17) is 0 Å². The summed E-state index contributed by atoms with van der Waals surface area (Å²) < 4.78 is 0. The SMILES string of the molecule is CC(NC(=O)[C@@H]1Cc2ccccc2N1)c1ccsc1. The zero-order valence-electron chi connectivity index (χ0n) is 10.7. The number of nitrogens with one attached hydrogen (secondary N) is 2. The Labute approximate surface area is 116 Å². The zero-order valence-corrected chi connectivity index (χ0v) is 11.5. The Morgan fingerprint density at radius 1 is 1.42 bits per heavy atom. The van der Waals surface area contributed by atoms with E-state index in [1.54, 1.807) is 11.3 Å². The second-order valence-electron chi connectivity index (χ2n) is 4.85. The van der Waals surface area contributed by atoms with Gasteiger partial charge < -0.3 is 10.6 Å². The van der Waals surface area contributed by atoms with E-state index < -0.39 is 0 Å². The lowest BCUT2D eigenvalue weighted by atomic mass is 10.1. The van der Waals surface area contributed by atoms with E-state index in [1.807, 2.05) is 36.6 Å². The molecule has 2 N–H and O–H groups in total. The molecule has 1 aliphatic rings. The van der Waals surface area contributed by atoms with Gasteiger partial charge >= 0.3 is 0 Å². The van der Waals surface area contributed by atoms with E-state index in [0.717, 1.165) is 17.7 Å². The number of anilines is 1. The number of benzene rings is 1. The number of para-hydroxylation sites is 1. The van der Waals surface area contributed by atoms with Crippen LogP contribution in [-0.2, 0) is 11.2 Å². The molecule has 0 radical (unpaired) electrons. The number of rotatable bonds is 3. The predicted octanol–water partition coefficient (Wildman–Crippen LogP) is 2.96. The molecule has 1 aromatic carbocycles. The molecule has 1 aliphatic heterocycles. The van der Waals surface area contributed by atoms with Crippen LogP contribution in [0.4, 0.5) is 5.69 Å². The summed E-state index contributed by atoms with van der Waals surface area (Å²) in [6.45, 7) is 2.02. The maximum atomic E-state index is 12.2. The minimum atomic E-state index is -0.154. The van der Waals surface area contributed by atoms with Crippen molar-refractivity contribution in [2.24, 2.45) is 0 Å². The highest BCUT2D eigenvalue weighted by atomic mass is 32.1. The molecule has 98 valence electrons. The van der Waals surface area contributed by atoms with Crippen LogP contribution in [0.3, 0.4) is 0 Å².